The Bertz CT molecular complexity index is 344. The van der Waals surface area contributed by atoms with E-state index in [0.717, 1.165) is 0 Å². The molecule has 1 aromatic rings. The van der Waals surface area contributed by atoms with Crippen molar-refractivity contribution in [2.24, 2.45) is 5.92 Å². The highest BCUT2D eigenvalue weighted by Crippen LogP contribution is 2.10. The molecular formula is C10H13ClN2O2. The van der Waals surface area contributed by atoms with E-state index in [2.05, 4.69) is 10.3 Å². The topological polar surface area (TPSA) is 62.2 Å². The lowest BCUT2D eigenvalue weighted by Crippen LogP contribution is -2.29. The minimum absolute atomic E-state index is 0.0318. The molecule has 0 saturated heterocycles. The minimum atomic E-state index is -0.270. The maximum Gasteiger partial charge on any atom is 0.254 e. The Morgan fingerprint density at radius 1 is 1.73 bits per heavy atom. The third-order valence-corrected chi connectivity index (χ3v) is 2.23. The summed E-state index contributed by atoms with van der Waals surface area (Å²) in [5.74, 6) is -0.238. The molecule has 15 heavy (non-hydrogen) atoms. The van der Waals surface area contributed by atoms with Crippen molar-refractivity contribution in [3.63, 3.8) is 0 Å². The lowest BCUT2D eigenvalue weighted by molar-refractivity contribution is 0.0942. The maximum absolute atomic E-state index is 11.6. The van der Waals surface area contributed by atoms with Gasteiger partial charge in [-0.25, -0.2) is 4.98 Å². The van der Waals surface area contributed by atoms with Gasteiger partial charge < -0.3 is 10.4 Å². The quantitative estimate of drug-likeness (QED) is 0.759. The second kappa shape index (κ2) is 5.68. The van der Waals surface area contributed by atoms with Crippen LogP contribution >= 0.6 is 11.6 Å². The number of halogens is 1. The fraction of sp³-hybridized carbons (Fsp3) is 0.400. The molecule has 0 bridgehead atoms. The molecule has 5 heteroatoms. The van der Waals surface area contributed by atoms with Crippen LogP contribution in [0.15, 0.2) is 18.3 Å². The van der Waals surface area contributed by atoms with Gasteiger partial charge in [-0.3, -0.25) is 4.79 Å². The Morgan fingerprint density at radius 2 is 2.47 bits per heavy atom. The molecule has 0 saturated carbocycles. The maximum atomic E-state index is 11.6. The molecule has 0 fully saturated rings. The van der Waals surface area contributed by atoms with Crippen LogP contribution in [0.25, 0.3) is 0 Å². The van der Waals surface area contributed by atoms with Crippen LogP contribution in [0, 0.1) is 5.92 Å². The number of nitrogens with zero attached hydrogens (tertiary/aromatic N) is 1. The van der Waals surface area contributed by atoms with Crippen molar-refractivity contribution in [3.05, 3.63) is 29.0 Å². The lowest BCUT2D eigenvalue weighted by atomic mass is 10.2. The Kier molecular flexibility index (Phi) is 4.52. The molecule has 0 aliphatic rings. The van der Waals surface area contributed by atoms with E-state index in [0.29, 0.717) is 12.1 Å². The highest BCUT2D eigenvalue weighted by atomic mass is 35.5. The van der Waals surface area contributed by atoms with Gasteiger partial charge in [-0.1, -0.05) is 18.5 Å². The number of carbonyl (C=O) groups is 1. The van der Waals surface area contributed by atoms with Crippen LogP contribution in [0.4, 0.5) is 0 Å². The molecule has 0 radical (unpaired) electrons. The molecule has 1 aromatic heterocycles. The van der Waals surface area contributed by atoms with Crippen LogP contribution in [-0.4, -0.2) is 29.1 Å². The summed E-state index contributed by atoms with van der Waals surface area (Å²) in [6, 6.07) is 3.25. The third kappa shape index (κ3) is 3.49. The van der Waals surface area contributed by atoms with E-state index >= 15 is 0 Å². The first-order valence-corrected chi connectivity index (χ1v) is 5.02. The molecule has 82 valence electrons. The van der Waals surface area contributed by atoms with Gasteiger partial charge in [-0.05, 0) is 18.1 Å². The van der Waals surface area contributed by atoms with E-state index in [1.54, 1.807) is 12.1 Å². The molecular weight excluding hydrogens is 216 g/mol. The van der Waals surface area contributed by atoms with Gasteiger partial charge in [-0.15, -0.1) is 0 Å². The number of hydrogen-bond acceptors (Lipinski definition) is 3. The molecule has 0 aliphatic heterocycles. The monoisotopic (exact) mass is 228 g/mol. The van der Waals surface area contributed by atoms with Crippen LogP contribution in [-0.2, 0) is 0 Å². The van der Waals surface area contributed by atoms with Gasteiger partial charge in [0.25, 0.3) is 5.91 Å². The highest BCUT2D eigenvalue weighted by Gasteiger charge is 2.10. The minimum Gasteiger partial charge on any atom is -0.396 e. The number of aliphatic hydroxyl groups excluding tert-OH is 1. The number of nitrogens with one attached hydrogen (secondary N) is 1. The molecule has 1 unspecified atom stereocenters. The summed E-state index contributed by atoms with van der Waals surface area (Å²) in [4.78, 5) is 15.4. The smallest absolute Gasteiger partial charge is 0.254 e. The predicted molar refractivity (Wildman–Crippen MR) is 57.8 cm³/mol. The van der Waals surface area contributed by atoms with E-state index < -0.39 is 0 Å². The van der Waals surface area contributed by atoms with Gasteiger partial charge in [0.1, 0.15) is 5.15 Å². The Labute approximate surface area is 93.3 Å². The first-order valence-electron chi connectivity index (χ1n) is 4.64. The van der Waals surface area contributed by atoms with E-state index in [4.69, 9.17) is 16.7 Å². The number of aromatic nitrogens is 1. The zero-order valence-electron chi connectivity index (χ0n) is 8.40. The zero-order chi connectivity index (χ0) is 11.3. The van der Waals surface area contributed by atoms with Crippen LogP contribution < -0.4 is 5.32 Å². The van der Waals surface area contributed by atoms with Crippen molar-refractivity contribution in [2.45, 2.75) is 6.92 Å². The number of aliphatic hydroxyl groups is 1. The summed E-state index contributed by atoms with van der Waals surface area (Å²) in [5.41, 5.74) is 0.351. The van der Waals surface area contributed by atoms with Gasteiger partial charge in [0.15, 0.2) is 0 Å². The number of amides is 1. The van der Waals surface area contributed by atoms with Crippen LogP contribution in [0.1, 0.15) is 17.3 Å². The Hall–Kier alpha value is -1.13. The van der Waals surface area contributed by atoms with Gasteiger partial charge in [0.05, 0.1) is 5.56 Å². The van der Waals surface area contributed by atoms with E-state index in [-0.39, 0.29) is 23.6 Å². The normalized spacial score (nSPS) is 12.2. The van der Waals surface area contributed by atoms with Crippen LogP contribution in [0.3, 0.4) is 0 Å². The van der Waals surface area contributed by atoms with Crippen molar-refractivity contribution in [2.75, 3.05) is 13.2 Å². The fourth-order valence-electron chi connectivity index (χ4n) is 0.982. The van der Waals surface area contributed by atoms with Gasteiger partial charge in [0.2, 0.25) is 0 Å². The Morgan fingerprint density at radius 3 is 3.07 bits per heavy atom. The first kappa shape index (κ1) is 11.9. The molecule has 1 amide bonds. The zero-order valence-corrected chi connectivity index (χ0v) is 9.16. The number of carbonyl (C=O) groups excluding carboxylic acids is 1. The lowest BCUT2D eigenvalue weighted by Gasteiger charge is -2.09. The van der Waals surface area contributed by atoms with E-state index in [9.17, 15) is 4.79 Å². The van der Waals surface area contributed by atoms with Gasteiger partial charge in [0, 0.05) is 19.3 Å². The Balaban J connectivity index is 2.58. The second-order valence-corrected chi connectivity index (χ2v) is 3.70. The van der Waals surface area contributed by atoms with Crippen LogP contribution in [0.2, 0.25) is 5.15 Å². The average Bonchev–Trinajstić information content (AvgIpc) is 2.26. The van der Waals surface area contributed by atoms with Gasteiger partial charge in [-0.2, -0.15) is 0 Å². The number of pyridine rings is 1. The molecule has 1 atom stereocenters. The van der Waals surface area contributed by atoms with Gasteiger partial charge >= 0.3 is 0 Å². The number of rotatable bonds is 4. The molecule has 4 nitrogen and oxygen atoms in total. The van der Waals surface area contributed by atoms with E-state index in [1.807, 2.05) is 6.92 Å². The molecule has 2 N–H and O–H groups in total. The third-order valence-electron chi connectivity index (χ3n) is 1.93. The standard InChI is InChI=1S/C10H13ClN2O2/c1-7(6-14)5-13-10(15)8-3-2-4-12-9(8)11/h2-4,7,14H,5-6H2,1H3,(H,13,15). The largest absolute Gasteiger partial charge is 0.396 e. The van der Waals surface area contributed by atoms with Crippen molar-refractivity contribution < 1.29 is 9.90 Å². The summed E-state index contributed by atoms with van der Waals surface area (Å²) in [6.45, 7) is 2.30. The van der Waals surface area contributed by atoms with Crippen molar-refractivity contribution in [3.8, 4) is 0 Å². The van der Waals surface area contributed by atoms with Crippen LogP contribution in [0.5, 0.6) is 0 Å². The van der Waals surface area contributed by atoms with E-state index in [1.165, 1.54) is 6.20 Å². The summed E-state index contributed by atoms with van der Waals surface area (Å²) in [7, 11) is 0. The van der Waals surface area contributed by atoms with Crippen molar-refractivity contribution in [1.29, 1.82) is 0 Å². The highest BCUT2D eigenvalue weighted by molar-refractivity contribution is 6.32. The molecule has 1 heterocycles. The second-order valence-electron chi connectivity index (χ2n) is 3.34. The molecule has 1 rings (SSSR count). The first-order chi connectivity index (χ1) is 7.15. The fourth-order valence-corrected chi connectivity index (χ4v) is 1.19. The summed E-state index contributed by atoms with van der Waals surface area (Å²) in [6.07, 6.45) is 1.52. The SMILES string of the molecule is CC(CO)CNC(=O)c1cccnc1Cl. The summed E-state index contributed by atoms with van der Waals surface area (Å²) in [5, 5.41) is 11.6. The predicted octanol–water partition coefficient (Wildman–Crippen LogP) is 1.09. The van der Waals surface area contributed by atoms with Crippen molar-refractivity contribution in [1.82, 2.24) is 10.3 Å². The molecule has 0 aromatic carbocycles. The molecule has 0 spiro atoms. The van der Waals surface area contributed by atoms with Crippen molar-refractivity contribution >= 4 is 17.5 Å². The average molecular weight is 229 g/mol. The number of hydrogen-bond donors (Lipinski definition) is 2. The summed E-state index contributed by atoms with van der Waals surface area (Å²) >= 11 is 5.75. The molecule has 0 aliphatic carbocycles. The summed E-state index contributed by atoms with van der Waals surface area (Å²) < 4.78 is 0.